The minimum Gasteiger partial charge on any atom is -0.389 e. The Morgan fingerprint density at radius 3 is 2.68 bits per heavy atom. The Morgan fingerprint density at radius 2 is 2.14 bits per heavy atom. The molecule has 2 rings (SSSR count). The minimum absolute atomic E-state index is 0.351. The zero-order valence-corrected chi connectivity index (χ0v) is 13.3. The van der Waals surface area contributed by atoms with Crippen molar-refractivity contribution in [1.29, 1.82) is 0 Å². The largest absolute Gasteiger partial charge is 0.389 e. The molecule has 1 aliphatic rings. The maximum atomic E-state index is 13.4. The second-order valence-corrected chi connectivity index (χ2v) is 6.68. The highest BCUT2D eigenvalue weighted by molar-refractivity contribution is 5.81. The van der Waals surface area contributed by atoms with Crippen LogP contribution < -0.4 is 5.73 Å². The maximum absolute atomic E-state index is 13.4. The fraction of sp³-hybridized carbons (Fsp3) is 0.588. The van der Waals surface area contributed by atoms with Crippen molar-refractivity contribution in [3.63, 3.8) is 0 Å². The van der Waals surface area contributed by atoms with E-state index in [0.717, 1.165) is 12.8 Å². The third-order valence-electron chi connectivity index (χ3n) is 4.62. The lowest BCUT2D eigenvalue weighted by Gasteiger charge is -2.39. The number of hydrogen-bond acceptors (Lipinski definition) is 3. The average molecular weight is 308 g/mol. The van der Waals surface area contributed by atoms with Crippen molar-refractivity contribution in [1.82, 2.24) is 4.90 Å². The lowest BCUT2D eigenvalue weighted by Crippen LogP contribution is -2.47. The van der Waals surface area contributed by atoms with Crippen LogP contribution in [0.15, 0.2) is 24.3 Å². The third kappa shape index (κ3) is 4.05. The van der Waals surface area contributed by atoms with Gasteiger partial charge in [-0.3, -0.25) is 9.69 Å². The molecular formula is C17H25FN2O2. The molecule has 0 saturated heterocycles. The van der Waals surface area contributed by atoms with Crippen molar-refractivity contribution in [3.05, 3.63) is 35.6 Å². The van der Waals surface area contributed by atoms with E-state index in [0.29, 0.717) is 30.9 Å². The van der Waals surface area contributed by atoms with E-state index in [1.165, 1.54) is 12.1 Å². The standard InChI is InChI=1S/C17H25FN2O2/c1-12-6-8-17(22,9-7-12)11-20(2)15(16(19)21)13-4-3-5-14(18)10-13/h3-5,10,12,15,22H,6-9,11H2,1-2H3,(H2,19,21)/t12?,15-,17?/m0/s1. The van der Waals surface area contributed by atoms with Gasteiger partial charge in [-0.15, -0.1) is 0 Å². The fourth-order valence-corrected chi connectivity index (χ4v) is 3.33. The summed E-state index contributed by atoms with van der Waals surface area (Å²) in [5.41, 5.74) is 5.22. The number of carbonyl (C=O) groups is 1. The van der Waals surface area contributed by atoms with Crippen LogP contribution in [0.5, 0.6) is 0 Å². The van der Waals surface area contributed by atoms with Gasteiger partial charge in [0.25, 0.3) is 0 Å². The number of amides is 1. The molecule has 1 amide bonds. The summed E-state index contributed by atoms with van der Waals surface area (Å²) < 4.78 is 13.4. The van der Waals surface area contributed by atoms with Crippen LogP contribution >= 0.6 is 0 Å². The Balaban J connectivity index is 2.13. The van der Waals surface area contributed by atoms with Crippen LogP contribution in [0.4, 0.5) is 4.39 Å². The van der Waals surface area contributed by atoms with Crippen LogP contribution in [0, 0.1) is 11.7 Å². The Kier molecular flexibility index (Phi) is 5.19. The number of nitrogens with two attached hydrogens (primary N) is 1. The van der Waals surface area contributed by atoms with E-state index in [9.17, 15) is 14.3 Å². The first kappa shape index (κ1) is 16.9. The Bertz CT molecular complexity index is 527. The van der Waals surface area contributed by atoms with E-state index in [4.69, 9.17) is 5.73 Å². The molecule has 1 fully saturated rings. The Labute approximate surface area is 131 Å². The summed E-state index contributed by atoms with van der Waals surface area (Å²) in [6.45, 7) is 2.53. The lowest BCUT2D eigenvalue weighted by molar-refractivity contribution is -0.124. The van der Waals surface area contributed by atoms with Crippen molar-refractivity contribution in [2.24, 2.45) is 11.7 Å². The summed E-state index contributed by atoms with van der Waals surface area (Å²) in [5.74, 6) is -0.316. The van der Waals surface area contributed by atoms with Gasteiger partial charge < -0.3 is 10.8 Å². The molecule has 0 aliphatic heterocycles. The highest BCUT2D eigenvalue weighted by Crippen LogP contribution is 2.33. The molecule has 0 radical (unpaired) electrons. The molecule has 1 aliphatic carbocycles. The number of carbonyl (C=O) groups excluding carboxylic acids is 1. The van der Waals surface area contributed by atoms with Gasteiger partial charge in [0.15, 0.2) is 0 Å². The van der Waals surface area contributed by atoms with E-state index in [1.54, 1.807) is 24.1 Å². The molecule has 1 aromatic carbocycles. The maximum Gasteiger partial charge on any atom is 0.239 e. The van der Waals surface area contributed by atoms with Gasteiger partial charge in [-0.2, -0.15) is 0 Å². The summed E-state index contributed by atoms with van der Waals surface area (Å²) in [4.78, 5) is 13.6. The topological polar surface area (TPSA) is 66.6 Å². The van der Waals surface area contributed by atoms with Crippen LogP contribution in [0.2, 0.25) is 0 Å². The average Bonchev–Trinajstić information content (AvgIpc) is 2.42. The molecule has 1 aromatic rings. The monoisotopic (exact) mass is 308 g/mol. The number of rotatable bonds is 5. The Hall–Kier alpha value is -1.46. The summed E-state index contributed by atoms with van der Waals surface area (Å²) in [5, 5.41) is 10.7. The number of primary amides is 1. The quantitative estimate of drug-likeness (QED) is 0.876. The van der Waals surface area contributed by atoms with Crippen LogP contribution in [0.1, 0.15) is 44.2 Å². The van der Waals surface area contributed by atoms with Crippen molar-refractivity contribution < 1.29 is 14.3 Å². The van der Waals surface area contributed by atoms with Crippen LogP contribution in [-0.4, -0.2) is 35.1 Å². The number of hydrogen-bond donors (Lipinski definition) is 2. The lowest BCUT2D eigenvalue weighted by atomic mass is 9.79. The van der Waals surface area contributed by atoms with Crippen LogP contribution in [0.25, 0.3) is 0 Å². The second kappa shape index (κ2) is 6.75. The number of aliphatic hydroxyl groups is 1. The summed E-state index contributed by atoms with van der Waals surface area (Å²) >= 11 is 0. The van der Waals surface area contributed by atoms with Crippen molar-refractivity contribution in [2.45, 2.75) is 44.2 Å². The molecular weight excluding hydrogens is 283 g/mol. The third-order valence-corrected chi connectivity index (χ3v) is 4.62. The van der Waals surface area contributed by atoms with Gasteiger partial charge in [0.05, 0.1) is 5.60 Å². The number of halogens is 1. The molecule has 0 spiro atoms. The van der Waals surface area contributed by atoms with Gasteiger partial charge >= 0.3 is 0 Å². The van der Waals surface area contributed by atoms with Gasteiger partial charge in [-0.25, -0.2) is 4.39 Å². The van der Waals surface area contributed by atoms with Crippen molar-refractivity contribution in [2.75, 3.05) is 13.6 Å². The molecule has 1 atom stereocenters. The molecule has 4 nitrogen and oxygen atoms in total. The highest BCUT2D eigenvalue weighted by Gasteiger charge is 2.35. The molecule has 1 saturated carbocycles. The molecule has 22 heavy (non-hydrogen) atoms. The fourth-order valence-electron chi connectivity index (χ4n) is 3.33. The van der Waals surface area contributed by atoms with E-state index in [1.807, 2.05) is 0 Å². The Morgan fingerprint density at radius 1 is 1.50 bits per heavy atom. The van der Waals surface area contributed by atoms with Gasteiger partial charge in [-0.1, -0.05) is 19.1 Å². The number of benzene rings is 1. The first-order valence-electron chi connectivity index (χ1n) is 7.78. The predicted molar refractivity (Wildman–Crippen MR) is 83.5 cm³/mol. The second-order valence-electron chi connectivity index (χ2n) is 6.68. The number of nitrogens with zero attached hydrogens (tertiary/aromatic N) is 1. The molecule has 0 heterocycles. The van der Waals surface area contributed by atoms with Crippen LogP contribution in [-0.2, 0) is 4.79 Å². The van der Waals surface area contributed by atoms with Gasteiger partial charge in [0.1, 0.15) is 11.9 Å². The van der Waals surface area contributed by atoms with E-state index < -0.39 is 23.4 Å². The first-order valence-corrected chi connectivity index (χ1v) is 7.78. The number of likely N-dealkylation sites (N-methyl/N-ethyl adjacent to an activating group) is 1. The zero-order valence-electron chi connectivity index (χ0n) is 13.3. The van der Waals surface area contributed by atoms with Gasteiger partial charge in [0.2, 0.25) is 5.91 Å². The molecule has 5 heteroatoms. The molecule has 0 aromatic heterocycles. The van der Waals surface area contributed by atoms with Gasteiger partial charge in [-0.05, 0) is 56.3 Å². The molecule has 3 N–H and O–H groups in total. The summed E-state index contributed by atoms with van der Waals surface area (Å²) in [6, 6.07) is 5.16. The molecule has 0 bridgehead atoms. The predicted octanol–water partition coefficient (Wildman–Crippen LogP) is 2.23. The highest BCUT2D eigenvalue weighted by atomic mass is 19.1. The minimum atomic E-state index is -0.803. The van der Waals surface area contributed by atoms with Crippen molar-refractivity contribution >= 4 is 5.91 Å². The van der Waals surface area contributed by atoms with Crippen molar-refractivity contribution in [3.8, 4) is 0 Å². The SMILES string of the molecule is CC1CCC(O)(CN(C)[C@H](C(N)=O)c2cccc(F)c2)CC1. The summed E-state index contributed by atoms with van der Waals surface area (Å²) in [6.07, 6.45) is 3.39. The smallest absolute Gasteiger partial charge is 0.239 e. The molecule has 0 unspecified atom stereocenters. The van der Waals surface area contributed by atoms with E-state index in [-0.39, 0.29) is 0 Å². The van der Waals surface area contributed by atoms with E-state index >= 15 is 0 Å². The zero-order chi connectivity index (χ0) is 16.3. The molecule has 122 valence electrons. The normalized spacial score (nSPS) is 26.9. The first-order chi connectivity index (χ1) is 10.3. The van der Waals surface area contributed by atoms with Crippen LogP contribution in [0.3, 0.4) is 0 Å². The van der Waals surface area contributed by atoms with E-state index in [2.05, 4.69) is 6.92 Å². The summed E-state index contributed by atoms with van der Waals surface area (Å²) in [7, 11) is 1.75. The van der Waals surface area contributed by atoms with Gasteiger partial charge in [0, 0.05) is 6.54 Å².